The van der Waals surface area contributed by atoms with Gasteiger partial charge in [0.2, 0.25) is 0 Å². The molecular formula is C43H74O5. The zero-order chi connectivity index (χ0) is 35.0. The fraction of sp³-hybridized carbons (Fsp3) is 0.721. The molecule has 0 saturated carbocycles. The smallest absolute Gasteiger partial charge is 0.305 e. The highest BCUT2D eigenvalue weighted by Crippen LogP contribution is 2.11. The summed E-state index contributed by atoms with van der Waals surface area (Å²) in [6.07, 6.45) is 49.8. The van der Waals surface area contributed by atoms with Crippen LogP contribution in [0.15, 0.2) is 60.8 Å². The molecule has 0 aromatic heterocycles. The first-order valence-electron chi connectivity index (χ1n) is 19.8. The number of aliphatic hydroxyl groups is 1. The lowest BCUT2D eigenvalue weighted by atomic mass is 10.1. The molecule has 0 fully saturated rings. The van der Waals surface area contributed by atoms with Gasteiger partial charge in [0.1, 0.15) is 19.3 Å². The van der Waals surface area contributed by atoms with Crippen molar-refractivity contribution in [3.8, 4) is 0 Å². The van der Waals surface area contributed by atoms with Crippen molar-refractivity contribution in [1.29, 1.82) is 0 Å². The van der Waals surface area contributed by atoms with Gasteiger partial charge in [-0.25, -0.2) is 0 Å². The summed E-state index contributed by atoms with van der Waals surface area (Å²) in [4.78, 5) is 23.9. The van der Waals surface area contributed by atoms with Crippen LogP contribution in [0.4, 0.5) is 0 Å². The number of rotatable bonds is 35. The lowest BCUT2D eigenvalue weighted by Gasteiger charge is -2.12. The molecule has 0 saturated heterocycles. The minimum absolute atomic E-state index is 0.131. The Morgan fingerprint density at radius 3 is 1.17 bits per heavy atom. The molecule has 276 valence electrons. The summed E-state index contributed by atoms with van der Waals surface area (Å²) in [5.41, 5.74) is 0. The number of hydrogen-bond donors (Lipinski definition) is 1. The van der Waals surface area contributed by atoms with Gasteiger partial charge >= 0.3 is 11.9 Å². The Hall–Kier alpha value is -2.40. The third-order valence-corrected chi connectivity index (χ3v) is 8.23. The first kappa shape index (κ1) is 45.6. The van der Waals surface area contributed by atoms with E-state index in [1.165, 1.54) is 89.9 Å². The number of hydrogen-bond acceptors (Lipinski definition) is 5. The topological polar surface area (TPSA) is 72.8 Å². The summed E-state index contributed by atoms with van der Waals surface area (Å²) in [6, 6.07) is 0. The van der Waals surface area contributed by atoms with Crippen molar-refractivity contribution >= 4 is 11.9 Å². The highest BCUT2D eigenvalue weighted by Gasteiger charge is 2.12. The van der Waals surface area contributed by atoms with Gasteiger partial charge in [-0.15, -0.1) is 0 Å². The SMILES string of the molecule is CCCCC/C=C\C/C=C\C/C=C\C/C=C\CCCCCC(=O)OC[C@H](O)COC(=O)CCCCCCCCC/C=C\CCCCCC. The van der Waals surface area contributed by atoms with Crippen molar-refractivity contribution < 1.29 is 24.2 Å². The molecule has 0 rings (SSSR count). The normalized spacial score (nSPS) is 12.8. The summed E-state index contributed by atoms with van der Waals surface area (Å²) in [6.45, 7) is 4.22. The Labute approximate surface area is 296 Å². The number of carbonyl (C=O) groups excluding carboxylic acids is 2. The molecule has 0 aliphatic heterocycles. The van der Waals surface area contributed by atoms with E-state index in [9.17, 15) is 14.7 Å². The molecule has 0 radical (unpaired) electrons. The van der Waals surface area contributed by atoms with Crippen LogP contribution in [0.1, 0.15) is 181 Å². The quantitative estimate of drug-likeness (QED) is 0.0413. The molecule has 0 aromatic rings. The lowest BCUT2D eigenvalue weighted by molar-refractivity contribution is -0.152. The average Bonchev–Trinajstić information content (AvgIpc) is 3.09. The maximum absolute atomic E-state index is 12.0. The molecular weight excluding hydrogens is 596 g/mol. The van der Waals surface area contributed by atoms with E-state index in [0.717, 1.165) is 64.2 Å². The molecule has 1 N–H and O–H groups in total. The van der Waals surface area contributed by atoms with Crippen LogP contribution >= 0.6 is 0 Å². The van der Waals surface area contributed by atoms with E-state index < -0.39 is 6.10 Å². The molecule has 0 bridgehead atoms. The Morgan fingerprint density at radius 1 is 0.438 bits per heavy atom. The first-order valence-corrected chi connectivity index (χ1v) is 19.8. The third-order valence-electron chi connectivity index (χ3n) is 8.23. The van der Waals surface area contributed by atoms with E-state index in [2.05, 4.69) is 74.6 Å². The molecule has 0 aliphatic carbocycles. The molecule has 0 spiro atoms. The van der Waals surface area contributed by atoms with Gasteiger partial charge in [0.15, 0.2) is 0 Å². The number of esters is 2. The van der Waals surface area contributed by atoms with Crippen molar-refractivity contribution in [2.45, 2.75) is 187 Å². The van der Waals surface area contributed by atoms with Gasteiger partial charge in [-0.1, -0.05) is 145 Å². The number of ether oxygens (including phenoxy) is 2. The van der Waals surface area contributed by atoms with Gasteiger partial charge < -0.3 is 14.6 Å². The minimum atomic E-state index is -0.980. The van der Waals surface area contributed by atoms with E-state index in [0.29, 0.717) is 12.8 Å². The van der Waals surface area contributed by atoms with Crippen LogP contribution in [0, 0.1) is 0 Å². The Kier molecular flexibility index (Phi) is 37.1. The third kappa shape index (κ3) is 38.1. The predicted octanol–water partition coefficient (Wildman–Crippen LogP) is 12.4. The van der Waals surface area contributed by atoms with Gasteiger partial charge in [-0.3, -0.25) is 9.59 Å². The van der Waals surface area contributed by atoms with Gasteiger partial charge in [0.25, 0.3) is 0 Å². The molecule has 48 heavy (non-hydrogen) atoms. The Bertz CT molecular complexity index is 853. The van der Waals surface area contributed by atoms with Crippen LogP contribution < -0.4 is 0 Å². The largest absolute Gasteiger partial charge is 0.463 e. The van der Waals surface area contributed by atoms with Gasteiger partial charge in [-0.2, -0.15) is 0 Å². The summed E-state index contributed by atoms with van der Waals surface area (Å²) in [7, 11) is 0. The maximum atomic E-state index is 12.0. The van der Waals surface area contributed by atoms with Crippen molar-refractivity contribution in [2.24, 2.45) is 0 Å². The minimum Gasteiger partial charge on any atom is -0.463 e. The van der Waals surface area contributed by atoms with E-state index in [1.54, 1.807) is 0 Å². The monoisotopic (exact) mass is 671 g/mol. The number of allylic oxidation sites excluding steroid dienone is 10. The van der Waals surface area contributed by atoms with Crippen molar-refractivity contribution in [2.75, 3.05) is 13.2 Å². The van der Waals surface area contributed by atoms with Gasteiger partial charge in [0, 0.05) is 12.8 Å². The van der Waals surface area contributed by atoms with E-state index in [-0.39, 0.29) is 25.2 Å². The maximum Gasteiger partial charge on any atom is 0.305 e. The van der Waals surface area contributed by atoms with E-state index in [1.807, 2.05) is 0 Å². The number of unbranched alkanes of at least 4 members (excludes halogenated alkanes) is 17. The summed E-state index contributed by atoms with van der Waals surface area (Å²) < 4.78 is 10.3. The second-order valence-electron chi connectivity index (χ2n) is 13.0. The molecule has 0 aliphatic rings. The van der Waals surface area contributed by atoms with Crippen LogP contribution in [-0.2, 0) is 19.1 Å². The van der Waals surface area contributed by atoms with Gasteiger partial charge in [-0.05, 0) is 83.5 Å². The zero-order valence-corrected chi connectivity index (χ0v) is 31.2. The first-order chi connectivity index (χ1) is 23.6. The molecule has 1 atom stereocenters. The molecule has 0 unspecified atom stereocenters. The number of carbonyl (C=O) groups is 2. The highest BCUT2D eigenvalue weighted by molar-refractivity contribution is 5.69. The van der Waals surface area contributed by atoms with Crippen LogP contribution in [-0.4, -0.2) is 36.4 Å². The molecule has 0 heterocycles. The standard InChI is InChI=1S/C43H74O5/c1-3-5-7-9-11-13-15-17-19-20-21-22-24-26-28-30-32-34-36-38-43(46)48-40-41(44)39-47-42(45)37-35-33-31-29-27-25-23-18-16-14-12-10-8-6-4-2/h11,13-14,16-17,19,21-22,26,28,41,44H,3-10,12,15,18,20,23-25,27,29-40H2,1-2H3/b13-11-,16-14-,19-17-,22-21-,28-26-/t41-/m1/s1. The van der Waals surface area contributed by atoms with Gasteiger partial charge in [0.05, 0.1) is 0 Å². The van der Waals surface area contributed by atoms with Crippen molar-refractivity contribution in [3.05, 3.63) is 60.8 Å². The van der Waals surface area contributed by atoms with Crippen LogP contribution in [0.25, 0.3) is 0 Å². The fourth-order valence-corrected chi connectivity index (χ4v) is 5.18. The summed E-state index contributed by atoms with van der Waals surface area (Å²) in [5, 5.41) is 10.0. The van der Waals surface area contributed by atoms with Crippen LogP contribution in [0.5, 0.6) is 0 Å². The average molecular weight is 671 g/mol. The molecule has 5 heteroatoms. The Balaban J connectivity index is 3.53. The predicted molar refractivity (Wildman–Crippen MR) is 205 cm³/mol. The molecule has 5 nitrogen and oxygen atoms in total. The van der Waals surface area contributed by atoms with Crippen LogP contribution in [0.3, 0.4) is 0 Å². The second-order valence-corrected chi connectivity index (χ2v) is 13.0. The lowest BCUT2D eigenvalue weighted by Crippen LogP contribution is -2.25. The summed E-state index contributed by atoms with van der Waals surface area (Å²) in [5.74, 6) is -0.608. The van der Waals surface area contributed by atoms with E-state index in [4.69, 9.17) is 9.47 Å². The fourth-order valence-electron chi connectivity index (χ4n) is 5.18. The zero-order valence-electron chi connectivity index (χ0n) is 31.2. The Morgan fingerprint density at radius 2 is 0.729 bits per heavy atom. The van der Waals surface area contributed by atoms with Crippen LogP contribution in [0.2, 0.25) is 0 Å². The molecule has 0 amide bonds. The highest BCUT2D eigenvalue weighted by atomic mass is 16.6. The summed E-state index contributed by atoms with van der Waals surface area (Å²) >= 11 is 0. The van der Waals surface area contributed by atoms with Crippen molar-refractivity contribution in [1.82, 2.24) is 0 Å². The van der Waals surface area contributed by atoms with Crippen molar-refractivity contribution in [3.63, 3.8) is 0 Å². The number of aliphatic hydroxyl groups excluding tert-OH is 1. The molecule has 0 aromatic carbocycles. The second kappa shape index (κ2) is 39.0. The van der Waals surface area contributed by atoms with E-state index >= 15 is 0 Å².